The van der Waals surface area contributed by atoms with Gasteiger partial charge in [0.2, 0.25) is 5.91 Å². The Bertz CT molecular complexity index is 1710. The molecule has 252 valence electrons. The third kappa shape index (κ3) is 9.52. The molecule has 48 heavy (non-hydrogen) atoms. The van der Waals surface area contributed by atoms with Gasteiger partial charge in [-0.15, -0.1) is 0 Å². The molecular formula is C35H35F4N5O4. The summed E-state index contributed by atoms with van der Waals surface area (Å²) in [5, 5.41) is 8.85. The molecule has 1 aliphatic rings. The second-order valence-corrected chi connectivity index (χ2v) is 11.4. The fraction of sp³-hybridized carbons (Fsp3) is 0.286. The Morgan fingerprint density at radius 2 is 1.60 bits per heavy atom. The Morgan fingerprint density at radius 3 is 2.33 bits per heavy atom. The first-order valence-corrected chi connectivity index (χ1v) is 15.4. The lowest BCUT2D eigenvalue weighted by atomic mass is 9.98. The summed E-state index contributed by atoms with van der Waals surface area (Å²) in [5.41, 5.74) is 8.27. The lowest BCUT2D eigenvalue weighted by Crippen LogP contribution is -2.47. The first-order valence-electron chi connectivity index (χ1n) is 15.4. The molecule has 13 heteroatoms. The zero-order valence-corrected chi connectivity index (χ0v) is 25.9. The predicted octanol–water partition coefficient (Wildman–Crippen LogP) is 5.03. The molecule has 9 nitrogen and oxygen atoms in total. The summed E-state index contributed by atoms with van der Waals surface area (Å²) in [6.45, 7) is 1.11. The third-order valence-corrected chi connectivity index (χ3v) is 7.90. The van der Waals surface area contributed by atoms with Gasteiger partial charge in [0.1, 0.15) is 42.0 Å². The molecule has 5 rings (SSSR count). The molecule has 0 bridgehead atoms. The van der Waals surface area contributed by atoms with Crippen molar-refractivity contribution in [3.63, 3.8) is 0 Å². The van der Waals surface area contributed by atoms with Crippen LogP contribution in [0.3, 0.4) is 0 Å². The molecule has 3 aromatic carbocycles. The Morgan fingerprint density at radius 1 is 0.917 bits per heavy atom. The van der Waals surface area contributed by atoms with E-state index in [1.807, 2.05) is 0 Å². The van der Waals surface area contributed by atoms with Crippen molar-refractivity contribution < 1.29 is 36.6 Å². The van der Waals surface area contributed by atoms with Crippen molar-refractivity contribution in [2.75, 3.05) is 25.0 Å². The maximum Gasteiger partial charge on any atom is 0.407 e. The van der Waals surface area contributed by atoms with Gasteiger partial charge in [-0.2, -0.15) is 0 Å². The van der Waals surface area contributed by atoms with Gasteiger partial charge in [0, 0.05) is 37.2 Å². The van der Waals surface area contributed by atoms with Crippen LogP contribution in [0.4, 0.5) is 28.0 Å². The highest BCUT2D eigenvalue weighted by Gasteiger charge is 2.25. The number of benzene rings is 3. The lowest BCUT2D eigenvalue weighted by Gasteiger charge is -2.31. The molecule has 2 heterocycles. The number of primary amides is 1. The summed E-state index contributed by atoms with van der Waals surface area (Å²) in [4.78, 5) is 28.6. The van der Waals surface area contributed by atoms with Gasteiger partial charge in [0.15, 0.2) is 0 Å². The van der Waals surface area contributed by atoms with E-state index in [9.17, 15) is 22.8 Å². The maximum absolute atomic E-state index is 15.1. The van der Waals surface area contributed by atoms with Crippen molar-refractivity contribution in [2.45, 2.75) is 44.1 Å². The summed E-state index contributed by atoms with van der Waals surface area (Å²) in [5.74, 6) is -2.61. The van der Waals surface area contributed by atoms with Gasteiger partial charge in [-0.25, -0.2) is 22.4 Å². The van der Waals surface area contributed by atoms with Crippen LogP contribution in [0.25, 0.3) is 11.1 Å². The molecule has 4 aromatic rings. The molecular weight excluding hydrogens is 630 g/mol. The van der Waals surface area contributed by atoms with Crippen molar-refractivity contribution in [3.05, 3.63) is 119 Å². The number of pyridine rings is 1. The number of rotatable bonds is 13. The Labute approximate surface area is 274 Å². The molecule has 1 aromatic heterocycles. The molecule has 1 saturated heterocycles. The van der Waals surface area contributed by atoms with E-state index >= 15 is 4.39 Å². The van der Waals surface area contributed by atoms with E-state index in [2.05, 4.69) is 20.9 Å². The molecule has 1 fully saturated rings. The molecule has 0 radical (unpaired) electrons. The summed E-state index contributed by atoms with van der Waals surface area (Å²) in [7, 11) is 0. The zero-order chi connectivity index (χ0) is 34.0. The number of hydrogen-bond donors (Lipinski definition) is 4. The Balaban J connectivity index is 1.17. The summed E-state index contributed by atoms with van der Waals surface area (Å²) < 4.78 is 67.6. The number of nitrogens with one attached hydrogen (secondary N) is 3. The fourth-order valence-corrected chi connectivity index (χ4v) is 5.38. The number of morpholine rings is 1. The van der Waals surface area contributed by atoms with E-state index in [0.717, 1.165) is 11.8 Å². The van der Waals surface area contributed by atoms with Crippen molar-refractivity contribution in [2.24, 2.45) is 5.73 Å². The van der Waals surface area contributed by atoms with Gasteiger partial charge in [0.25, 0.3) is 0 Å². The van der Waals surface area contributed by atoms with Crippen LogP contribution in [-0.4, -0.2) is 54.9 Å². The summed E-state index contributed by atoms with van der Waals surface area (Å²) >= 11 is 0. The molecule has 0 aliphatic carbocycles. The zero-order valence-electron chi connectivity index (χ0n) is 25.9. The highest BCUT2D eigenvalue weighted by atomic mass is 19.1. The lowest BCUT2D eigenvalue weighted by molar-refractivity contribution is -0.118. The molecule has 3 atom stereocenters. The molecule has 0 saturated carbocycles. The standard InChI is InChI=1S/C35H35F4N5O4/c36-24-6-1-21(2-7-24)15-43-35(46)47-20-27-17-41-16-26(48-27)10-11-28-31(39)18-42-19-33(28)44-32(34(40)45)14-22-3-12-30(38)29(13-22)23-4-8-25(37)9-5-23/h1-9,12-13,18-19,26-27,32,41,44H,10-11,14-17,20H2,(H2,40,45)(H,43,46)/t26-,27+,32+/m1/s1. The minimum absolute atomic E-state index is 0.0122. The van der Waals surface area contributed by atoms with Gasteiger partial charge in [-0.3, -0.25) is 9.78 Å². The average molecular weight is 666 g/mol. The molecule has 1 aliphatic heterocycles. The van der Waals surface area contributed by atoms with Gasteiger partial charge in [-0.05, 0) is 65.9 Å². The van der Waals surface area contributed by atoms with E-state index in [1.54, 1.807) is 18.2 Å². The number of nitrogens with two attached hydrogens (primary N) is 1. The number of hydrogen-bond acceptors (Lipinski definition) is 7. The number of amides is 2. The van der Waals surface area contributed by atoms with E-state index in [1.165, 1.54) is 54.7 Å². The number of halogens is 4. The van der Waals surface area contributed by atoms with Crippen molar-refractivity contribution in [1.29, 1.82) is 0 Å². The third-order valence-electron chi connectivity index (χ3n) is 7.90. The highest BCUT2D eigenvalue weighted by Crippen LogP contribution is 2.27. The molecule has 0 unspecified atom stereocenters. The van der Waals surface area contributed by atoms with Crippen molar-refractivity contribution >= 4 is 17.7 Å². The molecule has 5 N–H and O–H groups in total. The highest BCUT2D eigenvalue weighted by molar-refractivity contribution is 5.83. The second kappa shape index (κ2) is 16.2. The number of carbonyl (C=O) groups is 2. The van der Waals surface area contributed by atoms with E-state index < -0.39 is 41.6 Å². The van der Waals surface area contributed by atoms with Crippen LogP contribution in [0.5, 0.6) is 0 Å². The summed E-state index contributed by atoms with van der Waals surface area (Å²) in [6, 6.07) is 14.5. The van der Waals surface area contributed by atoms with E-state index in [-0.39, 0.29) is 54.7 Å². The van der Waals surface area contributed by atoms with Gasteiger partial charge in [0.05, 0.1) is 24.2 Å². The fourth-order valence-electron chi connectivity index (χ4n) is 5.38. The van der Waals surface area contributed by atoms with Crippen LogP contribution in [-0.2, 0) is 33.7 Å². The van der Waals surface area contributed by atoms with Crippen LogP contribution in [0, 0.1) is 23.3 Å². The van der Waals surface area contributed by atoms with Crippen LogP contribution in [0.1, 0.15) is 23.1 Å². The largest absolute Gasteiger partial charge is 0.447 e. The quantitative estimate of drug-likeness (QED) is 0.148. The van der Waals surface area contributed by atoms with Crippen molar-refractivity contribution in [1.82, 2.24) is 15.6 Å². The maximum atomic E-state index is 15.1. The van der Waals surface area contributed by atoms with Crippen LogP contribution in [0.2, 0.25) is 0 Å². The molecule has 2 amide bonds. The normalized spacial score (nSPS) is 16.6. The number of alkyl carbamates (subject to hydrolysis) is 1. The topological polar surface area (TPSA) is 128 Å². The second-order valence-electron chi connectivity index (χ2n) is 11.4. The van der Waals surface area contributed by atoms with Gasteiger partial charge >= 0.3 is 6.09 Å². The Hall–Kier alpha value is -5.01. The number of ether oxygens (including phenoxy) is 2. The van der Waals surface area contributed by atoms with Crippen LogP contribution < -0.4 is 21.7 Å². The minimum atomic E-state index is -0.984. The summed E-state index contributed by atoms with van der Waals surface area (Å²) in [6.07, 6.45) is 1.77. The Kier molecular flexibility index (Phi) is 11.6. The van der Waals surface area contributed by atoms with E-state index in [0.29, 0.717) is 30.6 Å². The molecule has 0 spiro atoms. The van der Waals surface area contributed by atoms with Gasteiger partial charge in [-0.1, -0.05) is 30.3 Å². The predicted molar refractivity (Wildman–Crippen MR) is 171 cm³/mol. The number of carbonyl (C=O) groups excluding carboxylic acids is 2. The van der Waals surface area contributed by atoms with E-state index in [4.69, 9.17) is 15.2 Å². The number of aromatic nitrogens is 1. The number of anilines is 1. The smallest absolute Gasteiger partial charge is 0.407 e. The van der Waals surface area contributed by atoms with Crippen molar-refractivity contribution in [3.8, 4) is 11.1 Å². The van der Waals surface area contributed by atoms with Crippen LogP contribution >= 0.6 is 0 Å². The van der Waals surface area contributed by atoms with Crippen LogP contribution in [0.15, 0.2) is 79.1 Å². The minimum Gasteiger partial charge on any atom is -0.447 e. The first kappa shape index (κ1) is 34.3. The van der Waals surface area contributed by atoms with Gasteiger partial charge < -0.3 is 31.2 Å². The SMILES string of the molecule is NC(=O)[C@H](Cc1ccc(F)c(-c2ccc(F)cc2)c1)Nc1cncc(F)c1CC[C@@H]1CNC[C@@H](COC(=O)NCc2ccc(F)cc2)O1. The first-order chi connectivity index (χ1) is 23.1. The monoisotopic (exact) mass is 665 g/mol. The number of nitrogens with zero attached hydrogens (tertiary/aromatic N) is 1. The average Bonchev–Trinajstić information content (AvgIpc) is 3.08.